The monoisotopic (exact) mass is 564 g/mol. The number of carbonyl (C=O) groups excluding carboxylic acids is 1. The lowest BCUT2D eigenvalue weighted by Gasteiger charge is -2.25. The molecule has 4 rings (SSSR count). The standard InChI is InChI=1S/C30H36N4O5S/c1-6-7-16-31-30(35)33-40(36,37)24-12-10-23(11-13-24)34-27(22-9-15-28(38-4)29(18-22)39-5)19-26(32-34)25-14-8-20(2)17-21(25)3/h8-15,17-18,27H,6-7,16,19H2,1-5H3,(H2,31,33,35). The summed E-state index contributed by atoms with van der Waals surface area (Å²) in [5.41, 5.74) is 6.00. The number of hydrazone groups is 1. The van der Waals surface area contributed by atoms with Crippen LogP contribution >= 0.6 is 0 Å². The fourth-order valence-corrected chi connectivity index (χ4v) is 5.67. The third-order valence-electron chi connectivity index (χ3n) is 6.85. The molecular formula is C30H36N4O5S. The molecule has 3 aromatic rings. The first-order valence-electron chi connectivity index (χ1n) is 13.2. The number of hydrogen-bond donors (Lipinski definition) is 2. The topological polar surface area (TPSA) is 109 Å². The Labute approximate surface area is 236 Å². The lowest BCUT2D eigenvalue weighted by molar-refractivity contribution is 0.245. The van der Waals surface area contributed by atoms with E-state index in [1.165, 1.54) is 17.7 Å². The number of nitrogens with zero attached hydrogens (tertiary/aromatic N) is 2. The lowest BCUT2D eigenvalue weighted by Crippen LogP contribution is -2.39. The molecule has 40 heavy (non-hydrogen) atoms. The molecule has 0 spiro atoms. The molecule has 0 aliphatic carbocycles. The van der Waals surface area contributed by atoms with Gasteiger partial charge in [-0.1, -0.05) is 43.2 Å². The van der Waals surface area contributed by atoms with E-state index in [9.17, 15) is 13.2 Å². The maximum absolute atomic E-state index is 12.8. The average molecular weight is 565 g/mol. The zero-order valence-corrected chi connectivity index (χ0v) is 24.3. The molecule has 1 atom stereocenters. The number of aryl methyl sites for hydroxylation is 2. The third-order valence-corrected chi connectivity index (χ3v) is 8.20. The zero-order valence-electron chi connectivity index (χ0n) is 23.5. The summed E-state index contributed by atoms with van der Waals surface area (Å²) in [5.74, 6) is 1.25. The Morgan fingerprint density at radius 3 is 2.38 bits per heavy atom. The van der Waals surface area contributed by atoms with Crippen LogP contribution in [0.3, 0.4) is 0 Å². The summed E-state index contributed by atoms with van der Waals surface area (Å²) in [4.78, 5) is 12.0. The van der Waals surface area contributed by atoms with Crippen molar-refractivity contribution in [3.05, 3.63) is 82.9 Å². The van der Waals surface area contributed by atoms with Gasteiger partial charge in [0.2, 0.25) is 0 Å². The van der Waals surface area contributed by atoms with E-state index < -0.39 is 16.1 Å². The Balaban J connectivity index is 1.67. The van der Waals surface area contributed by atoms with E-state index in [0.29, 0.717) is 30.2 Å². The SMILES string of the molecule is CCCCNC(=O)NS(=O)(=O)c1ccc(N2N=C(c3ccc(C)cc3C)CC2c2ccc(OC)c(OC)c2)cc1. The highest BCUT2D eigenvalue weighted by Gasteiger charge is 2.31. The van der Waals surface area contributed by atoms with E-state index in [-0.39, 0.29) is 10.9 Å². The Morgan fingerprint density at radius 2 is 1.73 bits per heavy atom. The van der Waals surface area contributed by atoms with Crippen molar-refractivity contribution in [2.45, 2.75) is 51.0 Å². The van der Waals surface area contributed by atoms with Crippen molar-refractivity contribution in [3.63, 3.8) is 0 Å². The van der Waals surface area contributed by atoms with Gasteiger partial charge in [0.15, 0.2) is 11.5 Å². The largest absolute Gasteiger partial charge is 0.493 e. The maximum atomic E-state index is 12.8. The Morgan fingerprint density at radius 1 is 1.00 bits per heavy atom. The van der Waals surface area contributed by atoms with Gasteiger partial charge in [0, 0.05) is 18.5 Å². The number of anilines is 1. The van der Waals surface area contributed by atoms with Gasteiger partial charge < -0.3 is 14.8 Å². The number of amides is 2. The molecule has 212 valence electrons. The quantitative estimate of drug-likeness (QED) is 0.316. The van der Waals surface area contributed by atoms with Crippen LogP contribution in [-0.4, -0.2) is 40.9 Å². The Kier molecular flexibility index (Phi) is 8.99. The molecule has 9 nitrogen and oxygen atoms in total. The molecule has 1 unspecified atom stereocenters. The van der Waals surface area contributed by atoms with E-state index in [2.05, 4.69) is 42.1 Å². The molecule has 2 amide bonds. The molecule has 1 heterocycles. The number of carbonyl (C=O) groups is 1. The minimum Gasteiger partial charge on any atom is -0.493 e. The van der Waals surface area contributed by atoms with Gasteiger partial charge in [-0.05, 0) is 67.8 Å². The minimum atomic E-state index is -4.03. The van der Waals surface area contributed by atoms with Crippen LogP contribution in [-0.2, 0) is 10.0 Å². The molecular weight excluding hydrogens is 528 g/mol. The number of benzene rings is 3. The predicted molar refractivity (Wildman–Crippen MR) is 157 cm³/mol. The van der Waals surface area contributed by atoms with Crippen LogP contribution < -0.4 is 24.5 Å². The summed E-state index contributed by atoms with van der Waals surface area (Å²) >= 11 is 0. The second-order valence-electron chi connectivity index (χ2n) is 9.75. The summed E-state index contributed by atoms with van der Waals surface area (Å²) in [5, 5.41) is 9.47. The molecule has 0 saturated heterocycles. The number of nitrogens with one attached hydrogen (secondary N) is 2. The Bertz CT molecular complexity index is 1500. The highest BCUT2D eigenvalue weighted by Crippen LogP contribution is 2.40. The van der Waals surface area contributed by atoms with Gasteiger partial charge in [0.05, 0.1) is 36.6 Å². The van der Waals surface area contributed by atoms with Gasteiger partial charge in [-0.15, -0.1) is 0 Å². The van der Waals surface area contributed by atoms with Crippen molar-refractivity contribution in [2.75, 3.05) is 25.8 Å². The summed E-state index contributed by atoms with van der Waals surface area (Å²) in [6.07, 6.45) is 2.30. The average Bonchev–Trinajstić information content (AvgIpc) is 3.37. The summed E-state index contributed by atoms with van der Waals surface area (Å²) < 4.78 is 38.6. The Hall–Kier alpha value is -4.05. The van der Waals surface area contributed by atoms with Gasteiger partial charge in [0.1, 0.15) is 0 Å². The number of rotatable bonds is 10. The molecule has 2 N–H and O–H groups in total. The fourth-order valence-electron chi connectivity index (χ4n) is 4.74. The molecule has 0 radical (unpaired) electrons. The van der Waals surface area contributed by atoms with E-state index in [4.69, 9.17) is 14.6 Å². The van der Waals surface area contributed by atoms with Crippen LogP contribution in [0.2, 0.25) is 0 Å². The van der Waals surface area contributed by atoms with E-state index in [1.54, 1.807) is 26.4 Å². The van der Waals surface area contributed by atoms with Gasteiger partial charge in [-0.3, -0.25) is 5.01 Å². The highest BCUT2D eigenvalue weighted by atomic mass is 32.2. The van der Waals surface area contributed by atoms with Gasteiger partial charge in [-0.2, -0.15) is 5.10 Å². The van der Waals surface area contributed by atoms with Gasteiger partial charge in [0.25, 0.3) is 10.0 Å². The summed E-state index contributed by atoms with van der Waals surface area (Å²) in [7, 11) is -0.832. The highest BCUT2D eigenvalue weighted by molar-refractivity contribution is 7.90. The second-order valence-corrected chi connectivity index (χ2v) is 11.4. The second kappa shape index (κ2) is 12.4. The normalized spacial score (nSPS) is 15.0. The number of sulfonamides is 1. The molecule has 3 aromatic carbocycles. The number of unbranched alkanes of at least 4 members (excludes halogenated alkanes) is 1. The van der Waals surface area contributed by atoms with Crippen molar-refractivity contribution < 1.29 is 22.7 Å². The molecule has 1 aliphatic rings. The van der Waals surface area contributed by atoms with Crippen LogP contribution in [0, 0.1) is 13.8 Å². The van der Waals surface area contributed by atoms with Crippen LogP contribution in [0.25, 0.3) is 0 Å². The molecule has 1 aliphatic heterocycles. The summed E-state index contributed by atoms with van der Waals surface area (Å²) in [6, 6.07) is 17.5. The molecule has 0 bridgehead atoms. The predicted octanol–water partition coefficient (Wildman–Crippen LogP) is 5.46. The maximum Gasteiger partial charge on any atom is 0.328 e. The molecule has 0 aromatic heterocycles. The molecule has 0 saturated carbocycles. The van der Waals surface area contributed by atoms with Gasteiger partial charge >= 0.3 is 6.03 Å². The van der Waals surface area contributed by atoms with Crippen LogP contribution in [0.5, 0.6) is 11.5 Å². The van der Waals surface area contributed by atoms with Crippen molar-refractivity contribution in [1.82, 2.24) is 10.0 Å². The lowest BCUT2D eigenvalue weighted by atomic mass is 9.95. The van der Waals surface area contributed by atoms with Crippen molar-refractivity contribution in [2.24, 2.45) is 5.10 Å². The third kappa shape index (κ3) is 6.39. The first kappa shape index (κ1) is 28.9. The van der Waals surface area contributed by atoms with Crippen LogP contribution in [0.15, 0.2) is 70.7 Å². The zero-order chi connectivity index (χ0) is 28.9. The van der Waals surface area contributed by atoms with Crippen molar-refractivity contribution in [1.29, 1.82) is 0 Å². The van der Waals surface area contributed by atoms with E-state index in [1.807, 2.05) is 30.1 Å². The van der Waals surface area contributed by atoms with Crippen molar-refractivity contribution >= 4 is 27.5 Å². The van der Waals surface area contributed by atoms with Gasteiger partial charge in [-0.25, -0.2) is 17.9 Å². The summed E-state index contributed by atoms with van der Waals surface area (Å²) in [6.45, 7) is 6.53. The van der Waals surface area contributed by atoms with Crippen LogP contribution in [0.4, 0.5) is 10.5 Å². The van der Waals surface area contributed by atoms with E-state index in [0.717, 1.165) is 35.2 Å². The molecule has 10 heteroatoms. The minimum absolute atomic E-state index is 0.0117. The number of ether oxygens (including phenoxy) is 2. The molecule has 0 fully saturated rings. The fraction of sp³-hybridized carbons (Fsp3) is 0.333. The smallest absolute Gasteiger partial charge is 0.328 e. The number of methoxy groups -OCH3 is 2. The number of hydrogen-bond acceptors (Lipinski definition) is 7. The van der Waals surface area contributed by atoms with Crippen LogP contribution in [0.1, 0.15) is 54.5 Å². The first-order chi connectivity index (χ1) is 19.2. The first-order valence-corrected chi connectivity index (χ1v) is 14.7. The number of urea groups is 1. The van der Waals surface area contributed by atoms with E-state index >= 15 is 0 Å². The van der Waals surface area contributed by atoms with Crippen molar-refractivity contribution in [3.8, 4) is 11.5 Å².